The third-order valence-corrected chi connectivity index (χ3v) is 13.3. The van der Waals surface area contributed by atoms with Crippen molar-refractivity contribution in [3.8, 4) is 0 Å². The summed E-state index contributed by atoms with van der Waals surface area (Å²) in [7, 11) is -10.9. The molecule has 21 heteroatoms. The maximum atomic E-state index is 12.8. The lowest BCUT2D eigenvalue weighted by Crippen LogP contribution is -2.36. The third kappa shape index (κ3) is 27.0. The Morgan fingerprint density at radius 1 is 0.803 bits per heavy atom. The van der Waals surface area contributed by atoms with Crippen LogP contribution in [0.1, 0.15) is 168 Å². The summed E-state index contributed by atoms with van der Waals surface area (Å²) >= 11 is 0. The van der Waals surface area contributed by atoms with Crippen LogP contribution in [0.2, 0.25) is 0 Å². The minimum Gasteiger partial charge on any atom is -0.462 e. The van der Waals surface area contributed by atoms with Crippen LogP contribution in [0, 0.1) is 5.92 Å². The van der Waals surface area contributed by atoms with Gasteiger partial charge in [-0.15, -0.1) is 0 Å². The predicted octanol–water partition coefficient (Wildman–Crippen LogP) is 8.09. The second-order valence-electron chi connectivity index (χ2n) is 17.1. The number of nitrogen functional groups attached to an aromatic ring is 1. The van der Waals surface area contributed by atoms with Gasteiger partial charge in [0.25, 0.3) is 0 Å². The standard InChI is InChI=1S/C45H77N3O16P2/c1-4-5-6-7-11-16-21-26-36(49)27-22-17-14-19-24-29-41(51)62-37(32-59-40(50)28-23-18-13-10-8-9-12-15-20-25-35(2)3)33-60-65(55,56)64-66(57,58)61-34-38-42(52)43(53)44(63-38)48-31-30-39(46)47-45(48)54/h11,16,21,26,30-31,35,37-38,42-44,52-53H,4-10,12-15,17-20,22-25,27-29,32-34H2,1-3H3,(H,55,56)(H,57,58)(H2,46,47,54)/b16-11-,26-21+/t37-,38-,42-,43-,44-/m1/s1. The molecule has 1 aliphatic heterocycles. The maximum absolute atomic E-state index is 12.8. The number of unbranched alkanes of at least 4 members (excludes halogenated alkanes) is 15. The first-order valence-electron chi connectivity index (χ1n) is 23.7. The van der Waals surface area contributed by atoms with Gasteiger partial charge in [-0.3, -0.25) is 28.0 Å². The van der Waals surface area contributed by atoms with Gasteiger partial charge in [0.15, 0.2) is 18.1 Å². The first-order chi connectivity index (χ1) is 31.4. The van der Waals surface area contributed by atoms with Crippen molar-refractivity contribution in [2.24, 2.45) is 5.92 Å². The van der Waals surface area contributed by atoms with Crippen molar-refractivity contribution in [3.05, 3.63) is 47.1 Å². The van der Waals surface area contributed by atoms with Crippen molar-refractivity contribution in [2.45, 2.75) is 193 Å². The van der Waals surface area contributed by atoms with Crippen molar-refractivity contribution in [2.75, 3.05) is 25.6 Å². The Hall–Kier alpha value is -3.09. The number of aliphatic hydroxyl groups is 2. The molecule has 0 amide bonds. The van der Waals surface area contributed by atoms with Crippen LogP contribution >= 0.6 is 15.6 Å². The van der Waals surface area contributed by atoms with Gasteiger partial charge in [-0.05, 0) is 50.2 Å². The van der Waals surface area contributed by atoms with E-state index < -0.39 is 83.7 Å². The number of ether oxygens (including phenoxy) is 3. The van der Waals surface area contributed by atoms with Crippen molar-refractivity contribution in [1.82, 2.24) is 9.55 Å². The number of hydrogen-bond donors (Lipinski definition) is 5. The fraction of sp³-hybridized carbons (Fsp3) is 0.756. The van der Waals surface area contributed by atoms with Gasteiger partial charge in [0.05, 0.1) is 13.2 Å². The SMILES string of the molecule is CCCCC/C=C\C=C\C(=O)CCCCCCCC(=O)O[C@H](COC(=O)CCCCCCCCCCCC(C)C)COP(=O)(O)OP(=O)(O)OC[C@H]1O[C@@H](n2ccc(N)nc2=O)[C@H](O)[C@@H]1O. The smallest absolute Gasteiger partial charge is 0.462 e. The Labute approximate surface area is 390 Å². The molecule has 378 valence electrons. The number of hydrogen-bond acceptors (Lipinski definition) is 16. The first kappa shape index (κ1) is 59.0. The zero-order valence-electron chi connectivity index (χ0n) is 39.2. The quantitative estimate of drug-likeness (QED) is 0.0138. The number of anilines is 1. The lowest BCUT2D eigenvalue weighted by Gasteiger charge is -2.21. The summed E-state index contributed by atoms with van der Waals surface area (Å²) in [4.78, 5) is 73.8. The molecule has 1 fully saturated rings. The number of allylic oxidation sites excluding steroid dienone is 4. The number of carbonyl (C=O) groups excluding carboxylic acids is 3. The number of phosphoric ester groups is 2. The number of aromatic nitrogens is 2. The van der Waals surface area contributed by atoms with E-state index in [4.69, 9.17) is 29.0 Å². The molecule has 6 N–H and O–H groups in total. The minimum absolute atomic E-state index is 0.0320. The number of nitrogens with two attached hydrogens (primary N) is 1. The Balaban J connectivity index is 1.85. The molecule has 0 saturated carbocycles. The lowest BCUT2D eigenvalue weighted by molar-refractivity contribution is -0.161. The number of nitrogens with zero attached hydrogens (tertiary/aromatic N) is 2. The summed E-state index contributed by atoms with van der Waals surface area (Å²) in [5.74, 6) is -0.615. The Kier molecular flexibility index (Phi) is 29.9. The van der Waals surface area contributed by atoms with Crippen molar-refractivity contribution in [3.63, 3.8) is 0 Å². The molecule has 2 unspecified atom stereocenters. The van der Waals surface area contributed by atoms with Gasteiger partial charge < -0.3 is 39.9 Å². The molecule has 1 saturated heterocycles. The number of phosphoric acid groups is 2. The van der Waals surface area contributed by atoms with Crippen LogP contribution in [0.3, 0.4) is 0 Å². The zero-order chi connectivity index (χ0) is 48.8. The van der Waals surface area contributed by atoms with Gasteiger partial charge in [0.2, 0.25) is 0 Å². The van der Waals surface area contributed by atoms with E-state index in [1.165, 1.54) is 44.6 Å². The molecular weight excluding hydrogens is 900 g/mol. The molecule has 0 bridgehead atoms. The van der Waals surface area contributed by atoms with Crippen LogP contribution in [0.4, 0.5) is 5.82 Å². The zero-order valence-corrected chi connectivity index (χ0v) is 40.9. The Bertz CT molecular complexity index is 1780. The van der Waals surface area contributed by atoms with E-state index in [1.807, 2.05) is 6.08 Å². The summed E-state index contributed by atoms with van der Waals surface area (Å²) in [6.07, 6.45) is 19.7. The van der Waals surface area contributed by atoms with Crippen LogP contribution in [0.25, 0.3) is 0 Å². The topological polar surface area (TPSA) is 283 Å². The fourth-order valence-corrected chi connectivity index (χ4v) is 9.06. The van der Waals surface area contributed by atoms with Crippen molar-refractivity contribution in [1.29, 1.82) is 0 Å². The molecule has 0 radical (unpaired) electrons. The van der Waals surface area contributed by atoms with Gasteiger partial charge in [-0.1, -0.05) is 129 Å². The third-order valence-electron chi connectivity index (χ3n) is 10.7. The second-order valence-corrected chi connectivity index (χ2v) is 20.2. The molecule has 19 nitrogen and oxygen atoms in total. The maximum Gasteiger partial charge on any atom is 0.481 e. The Morgan fingerprint density at radius 3 is 2.02 bits per heavy atom. The normalized spacial score (nSPS) is 19.9. The van der Waals surface area contributed by atoms with E-state index >= 15 is 0 Å². The molecule has 1 aromatic heterocycles. The van der Waals surface area contributed by atoms with Gasteiger partial charge in [-0.25, -0.2) is 13.9 Å². The van der Waals surface area contributed by atoms with Crippen LogP contribution < -0.4 is 11.4 Å². The molecule has 0 aromatic carbocycles. The summed E-state index contributed by atoms with van der Waals surface area (Å²) < 4.78 is 56.5. The molecule has 2 rings (SSSR count). The van der Waals surface area contributed by atoms with Gasteiger partial charge in [-0.2, -0.15) is 9.29 Å². The van der Waals surface area contributed by atoms with E-state index in [9.17, 15) is 48.3 Å². The van der Waals surface area contributed by atoms with Crippen LogP contribution in [0.5, 0.6) is 0 Å². The van der Waals surface area contributed by atoms with E-state index in [-0.39, 0.29) is 24.4 Å². The molecule has 1 aromatic rings. The van der Waals surface area contributed by atoms with Crippen LogP contribution in [-0.2, 0) is 51.1 Å². The lowest BCUT2D eigenvalue weighted by atomic mass is 10.0. The number of aliphatic hydroxyl groups excluding tert-OH is 2. The van der Waals surface area contributed by atoms with Crippen molar-refractivity contribution < 1.29 is 71.1 Å². The highest BCUT2D eigenvalue weighted by Gasteiger charge is 2.46. The fourth-order valence-electron chi connectivity index (χ4n) is 6.95. The molecular formula is C45H77N3O16P2. The number of esters is 2. The number of ketones is 1. The highest BCUT2D eigenvalue weighted by Crippen LogP contribution is 2.60. The second kappa shape index (κ2) is 33.4. The van der Waals surface area contributed by atoms with Crippen molar-refractivity contribution >= 4 is 39.2 Å². The highest BCUT2D eigenvalue weighted by atomic mass is 31.3. The summed E-state index contributed by atoms with van der Waals surface area (Å²) in [5, 5.41) is 20.9. The average Bonchev–Trinajstić information content (AvgIpc) is 3.53. The van der Waals surface area contributed by atoms with Gasteiger partial charge in [0, 0.05) is 25.5 Å². The highest BCUT2D eigenvalue weighted by molar-refractivity contribution is 7.61. The number of rotatable bonds is 38. The molecule has 1 aliphatic rings. The average molecular weight is 978 g/mol. The monoisotopic (exact) mass is 977 g/mol. The summed E-state index contributed by atoms with van der Waals surface area (Å²) in [6, 6.07) is 1.24. The van der Waals surface area contributed by atoms with E-state index in [1.54, 1.807) is 12.2 Å². The predicted molar refractivity (Wildman–Crippen MR) is 248 cm³/mol. The van der Waals surface area contributed by atoms with E-state index in [0.29, 0.717) is 32.1 Å². The molecule has 0 aliphatic carbocycles. The Morgan fingerprint density at radius 2 is 1.39 bits per heavy atom. The number of carbonyl (C=O) groups is 3. The first-order valence-corrected chi connectivity index (χ1v) is 26.7. The largest absolute Gasteiger partial charge is 0.481 e. The van der Waals surface area contributed by atoms with Crippen LogP contribution in [-0.4, -0.2) is 91.5 Å². The summed E-state index contributed by atoms with van der Waals surface area (Å²) in [5.41, 5.74) is 4.57. The van der Waals surface area contributed by atoms with Gasteiger partial charge in [0.1, 0.15) is 30.7 Å². The molecule has 66 heavy (non-hydrogen) atoms. The van der Waals surface area contributed by atoms with Gasteiger partial charge >= 0.3 is 33.3 Å². The molecule has 2 heterocycles. The van der Waals surface area contributed by atoms with E-state index in [0.717, 1.165) is 74.5 Å². The van der Waals surface area contributed by atoms with Crippen LogP contribution in [0.15, 0.2) is 41.4 Å². The summed E-state index contributed by atoms with van der Waals surface area (Å²) in [6.45, 7) is 4.23. The van der Waals surface area contributed by atoms with E-state index in [2.05, 4.69) is 36.1 Å². The minimum atomic E-state index is -5.44. The molecule has 0 spiro atoms. The molecule has 7 atom stereocenters.